The van der Waals surface area contributed by atoms with E-state index in [0.717, 1.165) is 50.1 Å². The van der Waals surface area contributed by atoms with Crippen LogP contribution in [-0.2, 0) is 5.41 Å². The molecule has 6 aromatic carbocycles. The van der Waals surface area contributed by atoms with Crippen molar-refractivity contribution < 1.29 is 4.42 Å². The van der Waals surface area contributed by atoms with E-state index in [2.05, 4.69) is 146 Å². The number of rotatable bonds is 4. The molecule has 1 aliphatic carbocycles. The van der Waals surface area contributed by atoms with Gasteiger partial charge in [0.25, 0.3) is 0 Å². The zero-order chi connectivity index (χ0) is 27.6. The Morgan fingerprint density at radius 1 is 0.488 bits per heavy atom. The van der Waals surface area contributed by atoms with Crippen molar-refractivity contribution in [1.29, 1.82) is 0 Å². The molecule has 0 atom stereocenters. The molecule has 2 nitrogen and oxygen atoms in total. The lowest BCUT2D eigenvalue weighted by molar-refractivity contribution is 0.660. The highest BCUT2D eigenvalue weighted by molar-refractivity contribution is 6.09. The maximum atomic E-state index is 6.40. The summed E-state index contributed by atoms with van der Waals surface area (Å²) in [5.74, 6) is 0. The molecule has 41 heavy (non-hydrogen) atoms. The second kappa shape index (κ2) is 8.97. The Hall–Kier alpha value is -5.08. The van der Waals surface area contributed by atoms with Gasteiger partial charge < -0.3 is 9.32 Å². The first-order chi connectivity index (χ1) is 20.1. The zero-order valence-electron chi connectivity index (χ0n) is 23.1. The van der Waals surface area contributed by atoms with Crippen molar-refractivity contribution in [2.24, 2.45) is 0 Å². The monoisotopic (exact) mass is 527 g/mol. The number of furan rings is 1. The highest BCUT2D eigenvalue weighted by atomic mass is 16.3. The van der Waals surface area contributed by atoms with Gasteiger partial charge in [-0.05, 0) is 70.3 Å². The summed E-state index contributed by atoms with van der Waals surface area (Å²) in [6, 6.07) is 49.9. The van der Waals surface area contributed by atoms with Gasteiger partial charge in [0, 0.05) is 38.8 Å². The van der Waals surface area contributed by atoms with E-state index in [9.17, 15) is 0 Å². The Kier molecular flexibility index (Phi) is 5.20. The molecule has 0 bridgehead atoms. The fraction of sp³-hybridized carbons (Fsp3) is 0.0769. The van der Waals surface area contributed by atoms with Crippen molar-refractivity contribution >= 4 is 39.0 Å². The van der Waals surface area contributed by atoms with Crippen molar-refractivity contribution in [3.63, 3.8) is 0 Å². The van der Waals surface area contributed by atoms with Crippen LogP contribution >= 0.6 is 0 Å². The number of para-hydroxylation sites is 3. The predicted molar refractivity (Wildman–Crippen MR) is 171 cm³/mol. The number of fused-ring (bicyclic) bond motifs is 6. The molecule has 8 rings (SSSR count). The van der Waals surface area contributed by atoms with E-state index in [4.69, 9.17) is 4.42 Å². The third-order valence-corrected chi connectivity index (χ3v) is 8.66. The molecule has 1 heterocycles. The average Bonchev–Trinajstić information content (AvgIpc) is 3.51. The third kappa shape index (κ3) is 3.64. The van der Waals surface area contributed by atoms with E-state index in [1.165, 1.54) is 22.3 Å². The minimum absolute atomic E-state index is 0.0664. The van der Waals surface area contributed by atoms with Gasteiger partial charge in [0.05, 0.1) is 0 Å². The first kappa shape index (κ1) is 23.8. The number of nitrogens with zero attached hydrogens (tertiary/aromatic N) is 1. The highest BCUT2D eigenvalue weighted by Gasteiger charge is 2.35. The van der Waals surface area contributed by atoms with Gasteiger partial charge in [-0.2, -0.15) is 0 Å². The molecule has 1 aromatic heterocycles. The van der Waals surface area contributed by atoms with E-state index >= 15 is 0 Å². The summed E-state index contributed by atoms with van der Waals surface area (Å²) in [7, 11) is 0. The van der Waals surface area contributed by atoms with Gasteiger partial charge in [-0.1, -0.05) is 111 Å². The molecule has 0 radical (unpaired) electrons. The largest absolute Gasteiger partial charge is 0.455 e. The van der Waals surface area contributed by atoms with Gasteiger partial charge in [-0.25, -0.2) is 0 Å². The fourth-order valence-corrected chi connectivity index (χ4v) is 6.64. The molecule has 0 N–H and O–H groups in total. The lowest BCUT2D eigenvalue weighted by atomic mass is 9.82. The van der Waals surface area contributed by atoms with E-state index in [1.54, 1.807) is 0 Å². The predicted octanol–water partition coefficient (Wildman–Crippen LogP) is 11.0. The first-order valence-electron chi connectivity index (χ1n) is 14.2. The summed E-state index contributed by atoms with van der Waals surface area (Å²) in [4.78, 5) is 2.36. The lowest BCUT2D eigenvalue weighted by Crippen LogP contribution is -2.16. The molecule has 0 fully saturated rings. The smallest absolute Gasteiger partial charge is 0.143 e. The van der Waals surface area contributed by atoms with Crippen molar-refractivity contribution in [3.8, 4) is 22.3 Å². The Bertz CT molecular complexity index is 2080. The summed E-state index contributed by atoms with van der Waals surface area (Å²) in [5, 5.41) is 2.29. The Labute approximate surface area is 240 Å². The van der Waals surface area contributed by atoms with Crippen LogP contribution in [-0.4, -0.2) is 0 Å². The Balaban J connectivity index is 1.30. The minimum Gasteiger partial charge on any atom is -0.455 e. The molecule has 2 heteroatoms. The fourth-order valence-electron chi connectivity index (χ4n) is 6.64. The molecule has 0 amide bonds. The van der Waals surface area contributed by atoms with Crippen LogP contribution in [0.2, 0.25) is 0 Å². The number of benzene rings is 6. The minimum atomic E-state index is -0.0664. The normalized spacial score (nSPS) is 13.3. The van der Waals surface area contributed by atoms with Crippen LogP contribution in [0.4, 0.5) is 17.1 Å². The van der Waals surface area contributed by atoms with Gasteiger partial charge in [-0.15, -0.1) is 0 Å². The average molecular weight is 528 g/mol. The molecule has 196 valence electrons. The quantitative estimate of drug-likeness (QED) is 0.226. The molecule has 0 aliphatic heterocycles. The Morgan fingerprint density at radius 3 is 2.05 bits per heavy atom. The molecule has 0 unspecified atom stereocenters. The lowest BCUT2D eigenvalue weighted by Gasteiger charge is -2.28. The van der Waals surface area contributed by atoms with Crippen LogP contribution < -0.4 is 4.90 Å². The van der Waals surface area contributed by atoms with Crippen molar-refractivity contribution in [2.45, 2.75) is 19.3 Å². The molecule has 0 saturated heterocycles. The van der Waals surface area contributed by atoms with Crippen molar-refractivity contribution in [3.05, 3.63) is 151 Å². The van der Waals surface area contributed by atoms with Crippen molar-refractivity contribution in [1.82, 2.24) is 0 Å². The molecular weight excluding hydrogens is 498 g/mol. The number of hydrogen-bond acceptors (Lipinski definition) is 2. The first-order valence-corrected chi connectivity index (χ1v) is 14.2. The topological polar surface area (TPSA) is 16.4 Å². The van der Waals surface area contributed by atoms with Gasteiger partial charge in [0.2, 0.25) is 0 Å². The highest BCUT2D eigenvalue weighted by Crippen LogP contribution is 2.50. The number of anilines is 3. The maximum Gasteiger partial charge on any atom is 0.143 e. The van der Waals surface area contributed by atoms with E-state index in [1.807, 2.05) is 12.1 Å². The summed E-state index contributed by atoms with van der Waals surface area (Å²) >= 11 is 0. The van der Waals surface area contributed by atoms with E-state index < -0.39 is 0 Å². The van der Waals surface area contributed by atoms with Crippen LogP contribution in [0.1, 0.15) is 25.0 Å². The maximum absolute atomic E-state index is 6.40. The Morgan fingerprint density at radius 2 is 1.15 bits per heavy atom. The van der Waals surface area contributed by atoms with Crippen LogP contribution in [0.3, 0.4) is 0 Å². The molecule has 0 saturated carbocycles. The molecule has 0 spiro atoms. The standard InChI is InChI=1S/C39H29NO/c1-39(2)35-20-8-6-16-31(35)32-23-22-29(25-36(32)39)40(27-13-4-3-5-14-27)28-15-10-12-26(24-28)30-18-11-19-34-33-17-7-9-21-37(33)41-38(30)34/h3-25H,1-2H3. The number of hydrogen-bond donors (Lipinski definition) is 0. The SMILES string of the molecule is CC1(C)c2ccccc2-c2ccc(N(c3ccccc3)c3cccc(-c4cccc5c4oc4ccccc45)c3)cc21. The van der Waals surface area contributed by atoms with Gasteiger partial charge in [0.1, 0.15) is 11.2 Å². The molecular formula is C39H29NO. The van der Waals surface area contributed by atoms with Crippen LogP contribution in [0.15, 0.2) is 144 Å². The van der Waals surface area contributed by atoms with E-state index in [0.29, 0.717) is 0 Å². The van der Waals surface area contributed by atoms with Gasteiger partial charge in [-0.3, -0.25) is 0 Å². The molecule has 1 aliphatic rings. The van der Waals surface area contributed by atoms with Gasteiger partial charge in [0.15, 0.2) is 0 Å². The van der Waals surface area contributed by atoms with Crippen LogP contribution in [0.25, 0.3) is 44.2 Å². The third-order valence-electron chi connectivity index (χ3n) is 8.66. The van der Waals surface area contributed by atoms with Gasteiger partial charge >= 0.3 is 0 Å². The summed E-state index contributed by atoms with van der Waals surface area (Å²) in [6.45, 7) is 4.67. The molecule has 7 aromatic rings. The summed E-state index contributed by atoms with van der Waals surface area (Å²) in [6.07, 6.45) is 0. The zero-order valence-corrected chi connectivity index (χ0v) is 23.1. The van der Waals surface area contributed by atoms with Crippen LogP contribution in [0, 0.1) is 0 Å². The summed E-state index contributed by atoms with van der Waals surface area (Å²) in [5.41, 5.74) is 12.8. The van der Waals surface area contributed by atoms with E-state index in [-0.39, 0.29) is 5.41 Å². The second-order valence-electron chi connectivity index (χ2n) is 11.4. The van der Waals surface area contributed by atoms with Crippen LogP contribution in [0.5, 0.6) is 0 Å². The summed E-state index contributed by atoms with van der Waals surface area (Å²) < 4.78 is 6.40. The second-order valence-corrected chi connectivity index (χ2v) is 11.4. The van der Waals surface area contributed by atoms with Crippen molar-refractivity contribution in [2.75, 3.05) is 4.90 Å².